The molecule has 15 heteroatoms. The maximum absolute atomic E-state index is 14.5. The SMILES string of the molecule is CO[C@H]1CCCN(C(=O)[C@H](CCCCN)NC(=O)[C@H](Cc2ccccc2)NC(=O)Cc2ccccc2OCc2ccccc2)[C@H]1CC(=O)N[C@@H](CCC(N)=O)C(=O)O. The van der Waals surface area contributed by atoms with Crippen molar-refractivity contribution in [1.82, 2.24) is 20.9 Å². The number of likely N-dealkylation sites (tertiary alicyclic amines) is 1. The second-order valence-electron chi connectivity index (χ2n) is 14.4. The van der Waals surface area contributed by atoms with E-state index in [1.807, 2.05) is 72.8 Å². The Hall–Kier alpha value is -5.80. The highest BCUT2D eigenvalue weighted by molar-refractivity contribution is 5.93. The zero-order valence-corrected chi connectivity index (χ0v) is 33.0. The van der Waals surface area contributed by atoms with E-state index in [2.05, 4.69) is 16.0 Å². The summed E-state index contributed by atoms with van der Waals surface area (Å²) in [5, 5.41) is 17.9. The minimum absolute atomic E-state index is 0.0659. The molecule has 15 nitrogen and oxygen atoms in total. The van der Waals surface area contributed by atoms with Crippen LogP contribution in [0.25, 0.3) is 0 Å². The van der Waals surface area contributed by atoms with Gasteiger partial charge in [0, 0.05) is 38.5 Å². The minimum Gasteiger partial charge on any atom is -0.489 e. The van der Waals surface area contributed by atoms with Crippen molar-refractivity contribution in [2.75, 3.05) is 20.2 Å². The number of nitrogens with two attached hydrogens (primary N) is 2. The van der Waals surface area contributed by atoms with Crippen LogP contribution in [0.5, 0.6) is 5.75 Å². The third-order valence-corrected chi connectivity index (χ3v) is 10.1. The number of piperidine rings is 1. The van der Waals surface area contributed by atoms with Gasteiger partial charge in [-0.2, -0.15) is 0 Å². The Labute approximate surface area is 339 Å². The van der Waals surface area contributed by atoms with Gasteiger partial charge in [-0.15, -0.1) is 0 Å². The van der Waals surface area contributed by atoms with E-state index >= 15 is 0 Å². The number of carboxylic acid groups (broad SMARTS) is 1. The number of methoxy groups -OCH3 is 1. The Bertz CT molecular complexity index is 1810. The molecule has 1 heterocycles. The van der Waals surface area contributed by atoms with E-state index in [0.29, 0.717) is 50.1 Å². The zero-order chi connectivity index (χ0) is 41.9. The lowest BCUT2D eigenvalue weighted by molar-refractivity contribution is -0.147. The molecule has 5 atom stereocenters. The molecule has 0 aliphatic carbocycles. The van der Waals surface area contributed by atoms with Crippen molar-refractivity contribution in [1.29, 1.82) is 0 Å². The van der Waals surface area contributed by atoms with Crippen LogP contribution in [-0.2, 0) is 53.0 Å². The highest BCUT2D eigenvalue weighted by atomic mass is 16.5. The van der Waals surface area contributed by atoms with Crippen LogP contribution in [0.4, 0.5) is 0 Å². The van der Waals surface area contributed by atoms with E-state index in [9.17, 15) is 33.9 Å². The molecule has 1 saturated heterocycles. The van der Waals surface area contributed by atoms with Crippen LogP contribution in [0.2, 0.25) is 0 Å². The molecular formula is C43H56N6O9. The first-order chi connectivity index (χ1) is 28.0. The molecule has 3 aromatic carbocycles. The molecule has 0 bridgehead atoms. The number of hydrogen-bond donors (Lipinski definition) is 6. The molecule has 0 saturated carbocycles. The molecule has 1 aliphatic heterocycles. The Balaban J connectivity index is 1.53. The number of nitrogens with one attached hydrogen (secondary N) is 3. The summed E-state index contributed by atoms with van der Waals surface area (Å²) in [6, 6.07) is 21.8. The summed E-state index contributed by atoms with van der Waals surface area (Å²) in [5.41, 5.74) is 13.4. The van der Waals surface area contributed by atoms with E-state index < -0.39 is 65.8 Å². The van der Waals surface area contributed by atoms with Gasteiger partial charge in [-0.05, 0) is 62.3 Å². The van der Waals surface area contributed by atoms with E-state index in [0.717, 1.165) is 11.1 Å². The normalized spacial score (nSPS) is 16.6. The Kier molecular flexibility index (Phi) is 18.1. The minimum atomic E-state index is -1.36. The van der Waals surface area contributed by atoms with Crippen molar-refractivity contribution in [2.24, 2.45) is 11.5 Å². The molecule has 0 radical (unpaired) electrons. The largest absolute Gasteiger partial charge is 0.489 e. The van der Waals surface area contributed by atoms with Crippen LogP contribution < -0.4 is 32.2 Å². The topological polar surface area (TPSA) is 232 Å². The average Bonchev–Trinajstić information content (AvgIpc) is 3.21. The Morgan fingerprint density at radius 3 is 2.12 bits per heavy atom. The Morgan fingerprint density at radius 1 is 0.810 bits per heavy atom. The number of hydrogen-bond acceptors (Lipinski definition) is 9. The summed E-state index contributed by atoms with van der Waals surface area (Å²) in [5.74, 6) is -3.56. The number of para-hydroxylation sites is 1. The van der Waals surface area contributed by atoms with Crippen molar-refractivity contribution in [3.05, 3.63) is 102 Å². The second kappa shape index (κ2) is 23.4. The smallest absolute Gasteiger partial charge is 0.326 e. The van der Waals surface area contributed by atoms with Crippen LogP contribution >= 0.6 is 0 Å². The predicted octanol–water partition coefficient (Wildman–Crippen LogP) is 2.38. The number of carboxylic acids is 1. The number of benzene rings is 3. The Morgan fingerprint density at radius 2 is 1.47 bits per heavy atom. The van der Waals surface area contributed by atoms with Gasteiger partial charge >= 0.3 is 5.97 Å². The lowest BCUT2D eigenvalue weighted by atomic mass is 9.93. The van der Waals surface area contributed by atoms with Gasteiger partial charge in [-0.25, -0.2) is 4.79 Å². The molecule has 1 fully saturated rings. The van der Waals surface area contributed by atoms with Gasteiger partial charge in [-0.1, -0.05) is 78.9 Å². The second-order valence-corrected chi connectivity index (χ2v) is 14.4. The van der Waals surface area contributed by atoms with E-state index in [1.165, 1.54) is 12.0 Å². The van der Waals surface area contributed by atoms with Crippen LogP contribution in [0.3, 0.4) is 0 Å². The van der Waals surface area contributed by atoms with Crippen molar-refractivity contribution in [2.45, 2.75) is 101 Å². The van der Waals surface area contributed by atoms with Crippen molar-refractivity contribution in [3.63, 3.8) is 0 Å². The monoisotopic (exact) mass is 800 g/mol. The van der Waals surface area contributed by atoms with Crippen molar-refractivity contribution < 1.29 is 43.3 Å². The highest BCUT2D eigenvalue weighted by Crippen LogP contribution is 2.25. The maximum atomic E-state index is 14.5. The van der Waals surface area contributed by atoms with Gasteiger partial charge in [0.25, 0.3) is 0 Å². The first-order valence-corrected chi connectivity index (χ1v) is 19.7. The van der Waals surface area contributed by atoms with Gasteiger partial charge in [0.15, 0.2) is 0 Å². The fraction of sp³-hybridized carbons (Fsp3) is 0.442. The standard InChI is InChI=1S/C43H56N6O9/c1-57-37-20-12-24-49(35(37)27-40(52)46-33(43(55)56)21-22-38(45)50)42(54)32(18-10-11-23-44)48-41(53)34(25-29-13-4-2-5-14-29)47-39(51)26-31-17-8-9-19-36(31)58-28-30-15-6-3-7-16-30/h2-9,13-17,19,32-35,37H,10-12,18,20-28,44H2,1H3,(H2,45,50)(H,46,52)(H,47,51)(H,48,53)(H,55,56)/t32-,33-,34-,35-,37-/m0/s1. The molecule has 8 N–H and O–H groups in total. The first kappa shape index (κ1) is 44.9. The summed E-state index contributed by atoms with van der Waals surface area (Å²) >= 11 is 0. The summed E-state index contributed by atoms with van der Waals surface area (Å²) < 4.78 is 11.8. The summed E-state index contributed by atoms with van der Waals surface area (Å²) in [4.78, 5) is 80.3. The van der Waals surface area contributed by atoms with E-state index in [-0.39, 0.29) is 45.1 Å². The predicted molar refractivity (Wildman–Crippen MR) is 216 cm³/mol. The molecule has 58 heavy (non-hydrogen) atoms. The van der Waals surface area contributed by atoms with Crippen molar-refractivity contribution in [3.8, 4) is 5.75 Å². The van der Waals surface area contributed by atoms with Gasteiger partial charge < -0.3 is 46.9 Å². The number of unbranched alkanes of at least 4 members (excludes halogenated alkanes) is 1. The quantitative estimate of drug-likeness (QED) is 0.0767. The fourth-order valence-corrected chi connectivity index (χ4v) is 7.03. The molecule has 0 spiro atoms. The molecule has 0 unspecified atom stereocenters. The molecule has 4 rings (SSSR count). The maximum Gasteiger partial charge on any atom is 0.326 e. The number of ether oxygens (including phenoxy) is 2. The lowest BCUT2D eigenvalue weighted by Crippen LogP contribution is -2.60. The lowest BCUT2D eigenvalue weighted by Gasteiger charge is -2.42. The van der Waals surface area contributed by atoms with Gasteiger partial charge in [0.2, 0.25) is 29.5 Å². The van der Waals surface area contributed by atoms with E-state index in [4.69, 9.17) is 20.9 Å². The number of carbonyl (C=O) groups is 6. The van der Waals surface area contributed by atoms with Crippen LogP contribution in [0.1, 0.15) is 68.1 Å². The molecule has 0 aromatic heterocycles. The number of carbonyl (C=O) groups excluding carboxylic acids is 5. The molecule has 1 aliphatic rings. The molecule has 5 amide bonds. The molecular weight excluding hydrogens is 745 g/mol. The molecule has 312 valence electrons. The van der Waals surface area contributed by atoms with Gasteiger partial charge in [0.05, 0.1) is 18.6 Å². The highest BCUT2D eigenvalue weighted by Gasteiger charge is 2.40. The van der Waals surface area contributed by atoms with Gasteiger partial charge in [-0.3, -0.25) is 24.0 Å². The zero-order valence-electron chi connectivity index (χ0n) is 33.0. The summed E-state index contributed by atoms with van der Waals surface area (Å²) in [6.07, 6.45) is 1.25. The number of nitrogens with zero attached hydrogens (tertiary/aromatic N) is 1. The number of rotatable bonds is 23. The summed E-state index contributed by atoms with van der Waals surface area (Å²) in [6.45, 7) is 0.947. The third kappa shape index (κ3) is 14.3. The number of primary amides is 1. The number of amides is 5. The third-order valence-electron chi connectivity index (χ3n) is 10.1. The first-order valence-electron chi connectivity index (χ1n) is 19.7. The van der Waals surface area contributed by atoms with E-state index in [1.54, 1.807) is 12.1 Å². The van der Waals surface area contributed by atoms with Crippen LogP contribution in [0.15, 0.2) is 84.9 Å². The summed E-state index contributed by atoms with van der Waals surface area (Å²) in [7, 11) is 1.47. The van der Waals surface area contributed by atoms with Crippen molar-refractivity contribution >= 4 is 35.5 Å². The number of aliphatic carboxylic acids is 1. The van der Waals surface area contributed by atoms with Crippen LogP contribution in [-0.4, -0.2) is 96.0 Å². The average molecular weight is 801 g/mol. The van der Waals surface area contributed by atoms with Crippen LogP contribution in [0, 0.1) is 0 Å². The fourth-order valence-electron chi connectivity index (χ4n) is 7.03. The molecule has 3 aromatic rings. The van der Waals surface area contributed by atoms with Gasteiger partial charge in [0.1, 0.15) is 30.5 Å².